The van der Waals surface area contributed by atoms with Crippen molar-refractivity contribution in [3.8, 4) is 11.3 Å². The predicted octanol–water partition coefficient (Wildman–Crippen LogP) is 3.72. The molecule has 0 saturated heterocycles. The zero-order chi connectivity index (χ0) is 13.4. The van der Waals surface area contributed by atoms with Gasteiger partial charge in [-0.25, -0.2) is 4.98 Å². The number of carbonyl (C=O) groups excluding carboxylic acids is 1. The van der Waals surface area contributed by atoms with Gasteiger partial charge in [0.1, 0.15) is 5.69 Å². The summed E-state index contributed by atoms with van der Waals surface area (Å²) in [6.45, 7) is 0. The summed E-state index contributed by atoms with van der Waals surface area (Å²) in [5, 5.41) is 3.53. The van der Waals surface area contributed by atoms with Crippen LogP contribution >= 0.6 is 22.9 Å². The van der Waals surface area contributed by atoms with E-state index in [0.717, 1.165) is 15.6 Å². The Hall–Kier alpha value is -1.91. The van der Waals surface area contributed by atoms with Gasteiger partial charge in [0.15, 0.2) is 0 Å². The van der Waals surface area contributed by atoms with Crippen molar-refractivity contribution in [2.24, 2.45) is 5.73 Å². The Morgan fingerprint density at radius 3 is 2.79 bits per heavy atom. The first kappa shape index (κ1) is 12.1. The van der Waals surface area contributed by atoms with Crippen molar-refractivity contribution in [2.45, 2.75) is 0 Å². The third-order valence-electron chi connectivity index (χ3n) is 2.83. The molecule has 0 unspecified atom stereocenters. The smallest absolute Gasteiger partial charge is 0.267 e. The maximum absolute atomic E-state index is 11.4. The van der Waals surface area contributed by atoms with Crippen LogP contribution in [0.1, 0.15) is 10.5 Å². The van der Waals surface area contributed by atoms with Crippen molar-refractivity contribution in [1.82, 2.24) is 4.98 Å². The fraction of sp³-hybridized carbons (Fsp3) is 0. The van der Waals surface area contributed by atoms with Crippen molar-refractivity contribution in [3.63, 3.8) is 0 Å². The molecule has 2 aromatic heterocycles. The van der Waals surface area contributed by atoms with Crippen LogP contribution in [-0.4, -0.2) is 10.9 Å². The Morgan fingerprint density at radius 1 is 1.26 bits per heavy atom. The quantitative estimate of drug-likeness (QED) is 0.781. The van der Waals surface area contributed by atoms with Gasteiger partial charge in [0.05, 0.1) is 5.69 Å². The summed E-state index contributed by atoms with van der Waals surface area (Å²) in [6, 6.07) is 11.1. The first-order valence-corrected chi connectivity index (χ1v) is 6.85. The van der Waals surface area contributed by atoms with Crippen LogP contribution < -0.4 is 5.73 Å². The first-order chi connectivity index (χ1) is 9.16. The van der Waals surface area contributed by atoms with Crippen molar-refractivity contribution < 1.29 is 4.79 Å². The average Bonchev–Trinajstić information content (AvgIpc) is 2.86. The standard InChI is InChI=1S/C14H9ClN2OS/c15-10-4-2-1-3-8(10)13-9-5-6-19-12(9)7-11(17-13)14(16)18/h1-7H,(H2,16,18). The van der Waals surface area contributed by atoms with Gasteiger partial charge in [0, 0.05) is 20.7 Å². The Balaban J connectivity index is 2.36. The fourth-order valence-electron chi connectivity index (χ4n) is 1.95. The minimum Gasteiger partial charge on any atom is -0.364 e. The number of rotatable bonds is 2. The molecule has 0 bridgehead atoms. The number of hydrogen-bond acceptors (Lipinski definition) is 3. The number of hydrogen-bond donors (Lipinski definition) is 1. The average molecular weight is 289 g/mol. The number of aromatic nitrogens is 1. The number of primary amides is 1. The molecule has 2 N–H and O–H groups in total. The number of thiophene rings is 1. The van der Waals surface area contributed by atoms with Crippen LogP contribution in [0, 0.1) is 0 Å². The summed E-state index contributed by atoms with van der Waals surface area (Å²) < 4.78 is 0.971. The SMILES string of the molecule is NC(=O)c1cc2sccc2c(-c2ccccc2Cl)n1. The normalized spacial score (nSPS) is 10.8. The highest BCUT2D eigenvalue weighted by Crippen LogP contribution is 2.34. The van der Waals surface area contributed by atoms with Crippen molar-refractivity contribution in [3.05, 3.63) is 52.5 Å². The number of amides is 1. The molecule has 3 aromatic rings. The Bertz CT molecular complexity index is 782. The molecule has 5 heteroatoms. The molecule has 0 atom stereocenters. The molecule has 19 heavy (non-hydrogen) atoms. The predicted molar refractivity (Wildman–Crippen MR) is 78.6 cm³/mol. The summed E-state index contributed by atoms with van der Waals surface area (Å²) in [5.41, 5.74) is 7.08. The van der Waals surface area contributed by atoms with Crippen LogP contribution in [0.15, 0.2) is 41.8 Å². The maximum Gasteiger partial charge on any atom is 0.267 e. The van der Waals surface area contributed by atoms with Crippen molar-refractivity contribution in [2.75, 3.05) is 0 Å². The van der Waals surface area contributed by atoms with E-state index in [1.807, 2.05) is 29.6 Å². The summed E-state index contributed by atoms with van der Waals surface area (Å²) >= 11 is 7.75. The lowest BCUT2D eigenvalue weighted by atomic mass is 10.1. The Labute approximate surface area is 118 Å². The number of pyridine rings is 1. The molecular formula is C14H9ClN2OS. The minimum atomic E-state index is -0.538. The van der Waals surface area contributed by atoms with Gasteiger partial charge in [-0.3, -0.25) is 4.79 Å². The van der Waals surface area contributed by atoms with E-state index in [9.17, 15) is 4.79 Å². The topological polar surface area (TPSA) is 56.0 Å². The van der Waals surface area contributed by atoms with Gasteiger partial charge < -0.3 is 5.73 Å². The molecule has 2 heterocycles. The van der Waals surface area contributed by atoms with Gasteiger partial charge in [-0.2, -0.15) is 0 Å². The molecule has 0 aliphatic heterocycles. The summed E-state index contributed by atoms with van der Waals surface area (Å²) in [5.74, 6) is -0.538. The molecule has 0 radical (unpaired) electrons. The zero-order valence-corrected chi connectivity index (χ0v) is 11.3. The van der Waals surface area contributed by atoms with Crippen LogP contribution in [0.25, 0.3) is 21.3 Å². The monoisotopic (exact) mass is 288 g/mol. The molecule has 0 aliphatic carbocycles. The van der Waals surface area contributed by atoms with Gasteiger partial charge in [-0.15, -0.1) is 11.3 Å². The van der Waals surface area contributed by atoms with Gasteiger partial charge in [0.2, 0.25) is 0 Å². The molecule has 0 aliphatic rings. The highest BCUT2D eigenvalue weighted by atomic mass is 35.5. The second-order valence-corrected chi connectivity index (χ2v) is 5.39. The number of halogens is 1. The van der Waals surface area contributed by atoms with E-state index in [2.05, 4.69) is 4.98 Å². The molecule has 1 amide bonds. The second-order valence-electron chi connectivity index (χ2n) is 4.03. The maximum atomic E-state index is 11.4. The third-order valence-corrected chi connectivity index (χ3v) is 4.03. The van der Waals surface area contributed by atoms with Crippen LogP contribution in [0.2, 0.25) is 5.02 Å². The van der Waals surface area contributed by atoms with Crippen LogP contribution in [0.5, 0.6) is 0 Å². The first-order valence-electron chi connectivity index (χ1n) is 5.60. The Morgan fingerprint density at radius 2 is 2.05 bits per heavy atom. The van der Waals surface area contributed by atoms with Crippen molar-refractivity contribution in [1.29, 1.82) is 0 Å². The zero-order valence-electron chi connectivity index (χ0n) is 9.76. The van der Waals surface area contributed by atoms with Crippen LogP contribution in [0.4, 0.5) is 0 Å². The lowest BCUT2D eigenvalue weighted by Gasteiger charge is -2.07. The van der Waals surface area contributed by atoms with E-state index < -0.39 is 5.91 Å². The lowest BCUT2D eigenvalue weighted by molar-refractivity contribution is 0.0996. The second kappa shape index (κ2) is 4.64. The fourth-order valence-corrected chi connectivity index (χ4v) is 3.00. The highest BCUT2D eigenvalue weighted by Gasteiger charge is 2.13. The number of carbonyl (C=O) groups is 1. The van der Waals surface area contributed by atoms with E-state index in [1.165, 1.54) is 0 Å². The summed E-state index contributed by atoms with van der Waals surface area (Å²) in [7, 11) is 0. The van der Waals surface area contributed by atoms with Crippen LogP contribution in [-0.2, 0) is 0 Å². The number of nitrogens with zero attached hydrogens (tertiary/aromatic N) is 1. The van der Waals surface area contributed by atoms with E-state index >= 15 is 0 Å². The molecule has 0 saturated carbocycles. The number of nitrogens with two attached hydrogens (primary N) is 1. The van der Waals surface area contributed by atoms with Gasteiger partial charge >= 0.3 is 0 Å². The Kier molecular flexibility index (Phi) is 2.97. The van der Waals surface area contributed by atoms with E-state index in [-0.39, 0.29) is 5.69 Å². The minimum absolute atomic E-state index is 0.255. The van der Waals surface area contributed by atoms with E-state index in [1.54, 1.807) is 23.5 Å². The van der Waals surface area contributed by atoms with Gasteiger partial charge in [-0.1, -0.05) is 29.8 Å². The van der Waals surface area contributed by atoms with E-state index in [0.29, 0.717) is 10.7 Å². The van der Waals surface area contributed by atoms with Crippen LogP contribution in [0.3, 0.4) is 0 Å². The number of fused-ring (bicyclic) bond motifs is 1. The third kappa shape index (κ3) is 2.09. The summed E-state index contributed by atoms with van der Waals surface area (Å²) in [4.78, 5) is 15.7. The molecule has 0 fully saturated rings. The molecule has 1 aromatic carbocycles. The largest absolute Gasteiger partial charge is 0.364 e. The molecule has 94 valence electrons. The highest BCUT2D eigenvalue weighted by molar-refractivity contribution is 7.17. The lowest BCUT2D eigenvalue weighted by Crippen LogP contribution is -2.13. The molecule has 0 spiro atoms. The number of benzene rings is 1. The summed E-state index contributed by atoms with van der Waals surface area (Å²) in [6.07, 6.45) is 0. The van der Waals surface area contributed by atoms with Gasteiger partial charge in [0.25, 0.3) is 5.91 Å². The molecule has 3 nitrogen and oxygen atoms in total. The molecule has 3 rings (SSSR count). The van der Waals surface area contributed by atoms with Gasteiger partial charge in [-0.05, 0) is 23.6 Å². The van der Waals surface area contributed by atoms with E-state index in [4.69, 9.17) is 17.3 Å². The van der Waals surface area contributed by atoms with Crippen molar-refractivity contribution >= 4 is 38.9 Å². The molecular weight excluding hydrogens is 280 g/mol.